The first-order valence-electron chi connectivity index (χ1n) is 8.98. The lowest BCUT2D eigenvalue weighted by Crippen LogP contribution is -2.20. The third-order valence-electron chi connectivity index (χ3n) is 3.91. The number of carbonyl (C=O) groups is 2. The molecular weight excluding hydrogens is 550 g/mol. The lowest BCUT2D eigenvalue weighted by Gasteiger charge is -2.11. The fraction of sp³-hybridized carbons (Fsp3) is 0.0455. The summed E-state index contributed by atoms with van der Waals surface area (Å²) in [7, 11) is 0. The summed E-state index contributed by atoms with van der Waals surface area (Å²) in [5.41, 5.74) is 4.30. The number of benzene rings is 3. The van der Waals surface area contributed by atoms with Gasteiger partial charge in [0.05, 0.1) is 15.2 Å². The molecule has 0 atom stereocenters. The molecule has 0 fully saturated rings. The maximum atomic E-state index is 12.1. The minimum Gasteiger partial charge on any atom is -0.481 e. The molecule has 0 heterocycles. The lowest BCUT2D eigenvalue weighted by atomic mass is 10.2. The van der Waals surface area contributed by atoms with E-state index < -0.39 is 0 Å². The van der Waals surface area contributed by atoms with Gasteiger partial charge in [0.25, 0.3) is 11.8 Å². The zero-order valence-corrected chi connectivity index (χ0v) is 19.9. The highest BCUT2D eigenvalue weighted by molar-refractivity contribution is 9.11. The third-order valence-corrected chi connectivity index (χ3v) is 5.34. The van der Waals surface area contributed by atoms with Gasteiger partial charge in [0, 0.05) is 16.3 Å². The smallest absolute Gasteiger partial charge is 0.271 e. The Morgan fingerprint density at radius 2 is 1.65 bits per heavy atom. The van der Waals surface area contributed by atoms with Crippen LogP contribution < -0.4 is 15.5 Å². The molecule has 6 nitrogen and oxygen atoms in total. The van der Waals surface area contributed by atoms with Crippen LogP contribution in [0.4, 0.5) is 5.69 Å². The SMILES string of the molecule is O=C(COc1c(Br)cc(/C=N/NC(=O)c2ccc(Cl)cc2)cc1Br)Nc1ccccc1. The van der Waals surface area contributed by atoms with E-state index in [2.05, 4.69) is 47.7 Å². The molecule has 9 heteroatoms. The van der Waals surface area contributed by atoms with Crippen LogP contribution in [0.5, 0.6) is 5.75 Å². The summed E-state index contributed by atoms with van der Waals surface area (Å²) in [4.78, 5) is 24.2. The Labute approximate surface area is 200 Å². The molecule has 3 rings (SSSR count). The number of nitrogens with zero attached hydrogens (tertiary/aromatic N) is 1. The molecule has 0 saturated heterocycles. The molecule has 0 saturated carbocycles. The molecule has 2 N–H and O–H groups in total. The Kier molecular flexibility index (Phi) is 8.22. The second-order valence-corrected chi connectivity index (χ2v) is 8.37. The van der Waals surface area contributed by atoms with Crippen LogP contribution in [0.3, 0.4) is 0 Å². The van der Waals surface area contributed by atoms with Crippen LogP contribution in [0, 0.1) is 0 Å². The van der Waals surface area contributed by atoms with Gasteiger partial charge < -0.3 is 10.1 Å². The minimum atomic E-state index is -0.351. The van der Waals surface area contributed by atoms with E-state index in [0.717, 1.165) is 0 Å². The summed E-state index contributed by atoms with van der Waals surface area (Å²) >= 11 is 12.7. The van der Waals surface area contributed by atoms with Crippen molar-refractivity contribution < 1.29 is 14.3 Å². The van der Waals surface area contributed by atoms with Crippen molar-refractivity contribution in [3.8, 4) is 5.75 Å². The van der Waals surface area contributed by atoms with Crippen molar-refractivity contribution >= 4 is 67.2 Å². The quantitative estimate of drug-likeness (QED) is 0.287. The first-order chi connectivity index (χ1) is 14.9. The number of carbonyl (C=O) groups excluding carboxylic acids is 2. The number of halogens is 3. The van der Waals surface area contributed by atoms with Crippen molar-refractivity contribution in [1.29, 1.82) is 0 Å². The van der Waals surface area contributed by atoms with Gasteiger partial charge in [0.1, 0.15) is 5.75 Å². The number of ether oxygens (including phenoxy) is 1. The van der Waals surface area contributed by atoms with E-state index in [1.807, 2.05) is 18.2 Å². The number of para-hydroxylation sites is 1. The molecule has 3 aromatic carbocycles. The van der Waals surface area contributed by atoms with Gasteiger partial charge in [-0.05, 0) is 86.0 Å². The van der Waals surface area contributed by atoms with Gasteiger partial charge in [0.2, 0.25) is 0 Å². The first-order valence-corrected chi connectivity index (χ1v) is 10.9. The topological polar surface area (TPSA) is 79.8 Å². The fourth-order valence-electron chi connectivity index (χ4n) is 2.48. The number of anilines is 1. The molecule has 0 unspecified atom stereocenters. The highest BCUT2D eigenvalue weighted by Crippen LogP contribution is 2.34. The standard InChI is InChI=1S/C22H16Br2ClN3O3/c23-18-10-14(12-26-28-22(30)15-6-8-16(25)9-7-15)11-19(24)21(18)31-13-20(29)27-17-4-2-1-3-5-17/h1-12H,13H2,(H,27,29)(H,28,30)/b26-12+. The number of amides is 2. The van der Waals surface area contributed by atoms with E-state index in [1.54, 1.807) is 48.5 Å². The molecule has 0 radical (unpaired) electrons. The molecular formula is C22H16Br2ClN3O3. The molecule has 0 aliphatic carbocycles. The van der Waals surface area contributed by atoms with Crippen LogP contribution in [0.25, 0.3) is 0 Å². The van der Waals surface area contributed by atoms with E-state index in [0.29, 0.717) is 36.5 Å². The van der Waals surface area contributed by atoms with E-state index in [4.69, 9.17) is 16.3 Å². The largest absolute Gasteiger partial charge is 0.481 e. The number of hydrazone groups is 1. The van der Waals surface area contributed by atoms with Gasteiger partial charge in [-0.2, -0.15) is 5.10 Å². The summed E-state index contributed by atoms with van der Waals surface area (Å²) in [6.07, 6.45) is 1.50. The lowest BCUT2D eigenvalue weighted by molar-refractivity contribution is -0.118. The highest BCUT2D eigenvalue weighted by Gasteiger charge is 2.11. The van der Waals surface area contributed by atoms with Crippen LogP contribution in [-0.2, 0) is 4.79 Å². The average Bonchev–Trinajstić information content (AvgIpc) is 2.74. The van der Waals surface area contributed by atoms with Gasteiger partial charge in [0.15, 0.2) is 6.61 Å². The zero-order chi connectivity index (χ0) is 22.2. The predicted molar refractivity (Wildman–Crippen MR) is 129 cm³/mol. The molecule has 3 aromatic rings. The third kappa shape index (κ3) is 6.92. The Balaban J connectivity index is 1.58. The molecule has 158 valence electrons. The second kappa shape index (κ2) is 11.1. The van der Waals surface area contributed by atoms with Crippen LogP contribution in [-0.4, -0.2) is 24.6 Å². The Bertz CT molecular complexity index is 1080. The van der Waals surface area contributed by atoms with Crippen molar-refractivity contribution in [2.45, 2.75) is 0 Å². The molecule has 0 aromatic heterocycles. The van der Waals surface area contributed by atoms with Crippen LogP contribution >= 0.6 is 43.5 Å². The molecule has 0 aliphatic heterocycles. The molecule has 31 heavy (non-hydrogen) atoms. The highest BCUT2D eigenvalue weighted by atomic mass is 79.9. The minimum absolute atomic E-state index is 0.156. The van der Waals surface area contributed by atoms with Crippen LogP contribution in [0.15, 0.2) is 80.8 Å². The predicted octanol–water partition coefficient (Wildman–Crippen LogP) is 5.65. The van der Waals surface area contributed by atoms with Gasteiger partial charge in [-0.15, -0.1) is 0 Å². The molecule has 2 amide bonds. The maximum Gasteiger partial charge on any atom is 0.271 e. The molecule has 0 aliphatic rings. The van der Waals surface area contributed by atoms with Gasteiger partial charge in [-0.25, -0.2) is 5.43 Å². The van der Waals surface area contributed by atoms with E-state index in [9.17, 15) is 9.59 Å². The number of nitrogens with one attached hydrogen (secondary N) is 2. The van der Waals surface area contributed by atoms with Crippen molar-refractivity contribution in [3.63, 3.8) is 0 Å². The Morgan fingerprint density at radius 3 is 2.29 bits per heavy atom. The maximum absolute atomic E-state index is 12.1. The Morgan fingerprint density at radius 1 is 1.00 bits per heavy atom. The fourth-order valence-corrected chi connectivity index (χ4v) is 4.06. The normalized spacial score (nSPS) is 10.7. The van der Waals surface area contributed by atoms with Crippen molar-refractivity contribution in [1.82, 2.24) is 5.43 Å². The van der Waals surface area contributed by atoms with E-state index >= 15 is 0 Å². The average molecular weight is 566 g/mol. The van der Waals surface area contributed by atoms with Crippen molar-refractivity contribution in [2.75, 3.05) is 11.9 Å². The van der Waals surface area contributed by atoms with Gasteiger partial charge in [-0.1, -0.05) is 29.8 Å². The van der Waals surface area contributed by atoms with Gasteiger partial charge >= 0.3 is 0 Å². The first kappa shape index (κ1) is 23.0. The van der Waals surface area contributed by atoms with E-state index in [-0.39, 0.29) is 18.4 Å². The Hall–Kier alpha value is -2.68. The summed E-state index contributed by atoms with van der Waals surface area (Å²) in [5, 5.41) is 7.27. The summed E-state index contributed by atoms with van der Waals surface area (Å²) in [6.45, 7) is -0.156. The number of hydrogen-bond acceptors (Lipinski definition) is 4. The summed E-state index contributed by atoms with van der Waals surface area (Å²) < 4.78 is 6.89. The monoisotopic (exact) mass is 563 g/mol. The van der Waals surface area contributed by atoms with Gasteiger partial charge in [-0.3, -0.25) is 9.59 Å². The summed E-state index contributed by atoms with van der Waals surface area (Å²) in [6, 6.07) is 19.1. The number of rotatable bonds is 7. The van der Waals surface area contributed by atoms with Crippen LogP contribution in [0.1, 0.15) is 15.9 Å². The zero-order valence-electron chi connectivity index (χ0n) is 15.9. The number of hydrogen-bond donors (Lipinski definition) is 2. The summed E-state index contributed by atoms with van der Waals surface area (Å²) in [5.74, 6) is -0.151. The molecule has 0 bridgehead atoms. The van der Waals surface area contributed by atoms with Crippen LogP contribution in [0.2, 0.25) is 5.02 Å². The van der Waals surface area contributed by atoms with Crippen molar-refractivity contribution in [2.24, 2.45) is 5.10 Å². The molecule has 0 spiro atoms. The van der Waals surface area contributed by atoms with Crippen molar-refractivity contribution in [3.05, 3.63) is 91.8 Å². The van der Waals surface area contributed by atoms with E-state index in [1.165, 1.54) is 6.21 Å². The second-order valence-electron chi connectivity index (χ2n) is 6.22.